The molecule has 0 radical (unpaired) electrons. The van der Waals surface area contributed by atoms with Gasteiger partial charge in [0.1, 0.15) is 11.6 Å². The zero-order valence-corrected chi connectivity index (χ0v) is 12.2. The maximum absolute atomic E-state index is 13.5. The molecule has 0 saturated carbocycles. The molecule has 4 nitrogen and oxygen atoms in total. The second-order valence-electron chi connectivity index (χ2n) is 5.09. The number of benzene rings is 2. The van der Waals surface area contributed by atoms with E-state index in [0.29, 0.717) is 11.3 Å². The average Bonchev–Trinajstić information content (AvgIpc) is 2.92. The SMILES string of the molecule is CCc1nc2ccc(NC(=O)Cc3ccccc3F)cc2[nH]1. The van der Waals surface area contributed by atoms with Gasteiger partial charge in [-0.1, -0.05) is 25.1 Å². The smallest absolute Gasteiger partial charge is 0.228 e. The molecule has 0 atom stereocenters. The van der Waals surface area contributed by atoms with Crippen molar-refractivity contribution in [2.24, 2.45) is 0 Å². The van der Waals surface area contributed by atoms with Crippen molar-refractivity contribution in [3.8, 4) is 0 Å². The van der Waals surface area contributed by atoms with Gasteiger partial charge in [-0.15, -0.1) is 0 Å². The molecule has 5 heteroatoms. The standard InChI is InChI=1S/C17H16FN3O/c1-2-16-20-14-8-7-12(10-15(14)21-16)19-17(22)9-11-5-3-4-6-13(11)18/h3-8,10H,2,9H2,1H3,(H,19,22)(H,20,21). The van der Waals surface area contributed by atoms with Gasteiger partial charge in [0.05, 0.1) is 17.5 Å². The van der Waals surface area contributed by atoms with Crippen molar-refractivity contribution in [3.63, 3.8) is 0 Å². The highest BCUT2D eigenvalue weighted by Gasteiger charge is 2.09. The maximum Gasteiger partial charge on any atom is 0.228 e. The lowest BCUT2D eigenvalue weighted by Gasteiger charge is -2.06. The third kappa shape index (κ3) is 2.98. The van der Waals surface area contributed by atoms with Gasteiger partial charge < -0.3 is 10.3 Å². The lowest BCUT2D eigenvalue weighted by Crippen LogP contribution is -2.15. The maximum atomic E-state index is 13.5. The highest BCUT2D eigenvalue weighted by molar-refractivity contribution is 5.94. The fraction of sp³-hybridized carbons (Fsp3) is 0.176. The number of hydrogen-bond donors (Lipinski definition) is 2. The lowest BCUT2D eigenvalue weighted by molar-refractivity contribution is -0.115. The van der Waals surface area contributed by atoms with Crippen molar-refractivity contribution in [1.82, 2.24) is 9.97 Å². The van der Waals surface area contributed by atoms with Crippen molar-refractivity contribution in [2.45, 2.75) is 19.8 Å². The molecule has 0 aliphatic carbocycles. The van der Waals surface area contributed by atoms with E-state index in [2.05, 4.69) is 15.3 Å². The Morgan fingerprint density at radius 2 is 2.09 bits per heavy atom. The quantitative estimate of drug-likeness (QED) is 0.775. The zero-order chi connectivity index (χ0) is 15.5. The molecular weight excluding hydrogens is 281 g/mol. The van der Waals surface area contributed by atoms with Crippen LogP contribution in [0.4, 0.5) is 10.1 Å². The predicted molar refractivity (Wildman–Crippen MR) is 84.2 cm³/mol. The van der Waals surface area contributed by atoms with Crippen molar-refractivity contribution in [1.29, 1.82) is 0 Å². The summed E-state index contributed by atoms with van der Waals surface area (Å²) in [5, 5.41) is 2.78. The van der Waals surface area contributed by atoms with Crippen LogP contribution in [-0.2, 0) is 17.6 Å². The number of aromatic amines is 1. The zero-order valence-electron chi connectivity index (χ0n) is 12.2. The minimum absolute atomic E-state index is 0.00783. The first-order valence-electron chi connectivity index (χ1n) is 7.17. The van der Waals surface area contributed by atoms with E-state index in [9.17, 15) is 9.18 Å². The van der Waals surface area contributed by atoms with Crippen molar-refractivity contribution < 1.29 is 9.18 Å². The second kappa shape index (κ2) is 5.97. The summed E-state index contributed by atoms with van der Waals surface area (Å²) >= 11 is 0. The number of carbonyl (C=O) groups excluding carboxylic acids is 1. The summed E-state index contributed by atoms with van der Waals surface area (Å²) in [5.41, 5.74) is 2.79. The number of nitrogens with one attached hydrogen (secondary N) is 2. The van der Waals surface area contributed by atoms with Crippen LogP contribution in [0.1, 0.15) is 18.3 Å². The molecule has 0 fully saturated rings. The Balaban J connectivity index is 1.75. The molecule has 0 aliphatic rings. The predicted octanol–water partition coefficient (Wildman–Crippen LogP) is 3.45. The fourth-order valence-corrected chi connectivity index (χ4v) is 2.33. The first kappa shape index (κ1) is 14.3. The Hall–Kier alpha value is -2.69. The summed E-state index contributed by atoms with van der Waals surface area (Å²) in [6.45, 7) is 2.02. The van der Waals surface area contributed by atoms with Gasteiger partial charge >= 0.3 is 0 Å². The number of carbonyl (C=O) groups is 1. The number of H-pyrrole nitrogens is 1. The van der Waals surface area contributed by atoms with Crippen LogP contribution in [-0.4, -0.2) is 15.9 Å². The lowest BCUT2D eigenvalue weighted by atomic mass is 10.1. The Morgan fingerprint density at radius 3 is 2.86 bits per heavy atom. The van der Waals surface area contributed by atoms with Crippen LogP contribution in [0.5, 0.6) is 0 Å². The molecule has 1 heterocycles. The van der Waals surface area contributed by atoms with E-state index in [0.717, 1.165) is 23.3 Å². The molecule has 0 saturated heterocycles. The molecule has 0 aliphatic heterocycles. The Labute approximate surface area is 127 Å². The largest absolute Gasteiger partial charge is 0.342 e. The normalized spacial score (nSPS) is 10.8. The number of fused-ring (bicyclic) bond motifs is 1. The first-order chi connectivity index (χ1) is 10.7. The van der Waals surface area contributed by atoms with E-state index in [-0.39, 0.29) is 18.1 Å². The molecule has 22 heavy (non-hydrogen) atoms. The minimum atomic E-state index is -0.366. The number of anilines is 1. The third-order valence-corrected chi connectivity index (χ3v) is 3.46. The van der Waals surface area contributed by atoms with Gasteiger partial charge in [-0.05, 0) is 29.8 Å². The monoisotopic (exact) mass is 297 g/mol. The van der Waals surface area contributed by atoms with Crippen LogP contribution in [0.15, 0.2) is 42.5 Å². The molecule has 0 unspecified atom stereocenters. The van der Waals surface area contributed by atoms with Crippen LogP contribution in [0.2, 0.25) is 0 Å². The topological polar surface area (TPSA) is 57.8 Å². The van der Waals surface area contributed by atoms with E-state index in [1.165, 1.54) is 6.07 Å². The van der Waals surface area contributed by atoms with Crippen LogP contribution in [0.3, 0.4) is 0 Å². The van der Waals surface area contributed by atoms with E-state index in [1.54, 1.807) is 24.3 Å². The second-order valence-corrected chi connectivity index (χ2v) is 5.09. The number of aryl methyl sites for hydroxylation is 1. The minimum Gasteiger partial charge on any atom is -0.342 e. The summed E-state index contributed by atoms with van der Waals surface area (Å²) in [4.78, 5) is 19.6. The van der Waals surface area contributed by atoms with E-state index < -0.39 is 0 Å². The number of imidazole rings is 1. The molecule has 2 N–H and O–H groups in total. The van der Waals surface area contributed by atoms with Crippen LogP contribution < -0.4 is 5.32 Å². The number of halogens is 1. The molecule has 112 valence electrons. The van der Waals surface area contributed by atoms with E-state index in [4.69, 9.17) is 0 Å². The molecule has 0 spiro atoms. The summed E-state index contributed by atoms with van der Waals surface area (Å²) in [5.74, 6) is 0.291. The van der Waals surface area contributed by atoms with Gasteiger partial charge in [0.2, 0.25) is 5.91 Å². The number of hydrogen-bond acceptors (Lipinski definition) is 2. The Morgan fingerprint density at radius 1 is 1.27 bits per heavy atom. The summed E-state index contributed by atoms with van der Waals surface area (Å²) in [6.07, 6.45) is 0.831. The van der Waals surface area contributed by atoms with Crippen LogP contribution in [0, 0.1) is 5.82 Å². The van der Waals surface area contributed by atoms with Crippen LogP contribution in [0.25, 0.3) is 11.0 Å². The first-order valence-corrected chi connectivity index (χ1v) is 7.17. The molecule has 0 bridgehead atoms. The highest BCUT2D eigenvalue weighted by atomic mass is 19.1. The van der Waals surface area contributed by atoms with Gasteiger partial charge in [0.25, 0.3) is 0 Å². The molecule has 3 aromatic rings. The van der Waals surface area contributed by atoms with Crippen molar-refractivity contribution in [2.75, 3.05) is 5.32 Å². The number of aromatic nitrogens is 2. The molecule has 2 aromatic carbocycles. The van der Waals surface area contributed by atoms with E-state index >= 15 is 0 Å². The van der Waals surface area contributed by atoms with Crippen molar-refractivity contribution in [3.05, 3.63) is 59.7 Å². The average molecular weight is 297 g/mol. The summed E-state index contributed by atoms with van der Waals surface area (Å²) in [7, 11) is 0. The fourth-order valence-electron chi connectivity index (χ4n) is 2.33. The van der Waals surface area contributed by atoms with Crippen LogP contribution >= 0.6 is 0 Å². The highest BCUT2D eigenvalue weighted by Crippen LogP contribution is 2.18. The van der Waals surface area contributed by atoms with E-state index in [1.807, 2.05) is 19.1 Å². The van der Waals surface area contributed by atoms with Gasteiger partial charge in [-0.2, -0.15) is 0 Å². The number of rotatable bonds is 4. The Bertz CT molecular complexity index is 826. The summed E-state index contributed by atoms with van der Waals surface area (Å²) in [6, 6.07) is 11.8. The molecular formula is C17H16FN3O. The molecule has 1 aromatic heterocycles. The van der Waals surface area contributed by atoms with Crippen molar-refractivity contribution >= 4 is 22.6 Å². The molecule has 1 amide bonds. The van der Waals surface area contributed by atoms with Gasteiger partial charge in [0, 0.05) is 12.1 Å². The van der Waals surface area contributed by atoms with Gasteiger partial charge in [0.15, 0.2) is 0 Å². The summed E-state index contributed by atoms with van der Waals surface area (Å²) < 4.78 is 13.5. The number of amides is 1. The van der Waals surface area contributed by atoms with Gasteiger partial charge in [-0.3, -0.25) is 4.79 Å². The third-order valence-electron chi connectivity index (χ3n) is 3.46. The Kier molecular flexibility index (Phi) is 3.87. The number of nitrogens with zero attached hydrogens (tertiary/aromatic N) is 1. The molecule has 3 rings (SSSR count). The van der Waals surface area contributed by atoms with Gasteiger partial charge in [-0.25, -0.2) is 9.37 Å².